The van der Waals surface area contributed by atoms with Crippen molar-refractivity contribution in [1.29, 1.82) is 5.26 Å². The summed E-state index contributed by atoms with van der Waals surface area (Å²) in [6.45, 7) is 3.86. The van der Waals surface area contributed by atoms with Gasteiger partial charge in [-0.1, -0.05) is 6.07 Å². The number of nitriles is 1. The molecule has 1 aliphatic heterocycles. The summed E-state index contributed by atoms with van der Waals surface area (Å²) in [4.78, 5) is 2.65. The summed E-state index contributed by atoms with van der Waals surface area (Å²) in [6.07, 6.45) is 6.54. The fourth-order valence-corrected chi connectivity index (χ4v) is 3.45. The molecule has 25 heavy (non-hydrogen) atoms. The lowest BCUT2D eigenvalue weighted by Crippen LogP contribution is -2.43. The minimum atomic E-state index is 0.517. The second-order valence-electron chi connectivity index (χ2n) is 7.02. The molecular weight excluding hydrogens is 314 g/mol. The van der Waals surface area contributed by atoms with Gasteiger partial charge in [0.25, 0.3) is 0 Å². The van der Waals surface area contributed by atoms with Crippen molar-refractivity contribution in [2.24, 2.45) is 0 Å². The summed E-state index contributed by atoms with van der Waals surface area (Å²) in [5, 5.41) is 12.3. The lowest BCUT2D eigenvalue weighted by Gasteiger charge is -2.32. The Balaban J connectivity index is 1.47. The van der Waals surface area contributed by atoms with Crippen LogP contribution in [-0.2, 0) is 6.54 Å². The molecular formula is C20H29N3O2. The van der Waals surface area contributed by atoms with E-state index in [2.05, 4.69) is 28.4 Å². The molecule has 1 aromatic carbocycles. The molecule has 0 aromatic heterocycles. The van der Waals surface area contributed by atoms with Crippen LogP contribution in [0.25, 0.3) is 0 Å². The average molecular weight is 343 g/mol. The summed E-state index contributed by atoms with van der Waals surface area (Å²) in [7, 11) is 1.66. The molecule has 0 bridgehead atoms. The van der Waals surface area contributed by atoms with Crippen LogP contribution in [0.15, 0.2) is 18.2 Å². The van der Waals surface area contributed by atoms with Crippen LogP contribution in [-0.4, -0.2) is 43.8 Å². The van der Waals surface area contributed by atoms with E-state index in [4.69, 9.17) is 14.7 Å². The van der Waals surface area contributed by atoms with Crippen molar-refractivity contribution in [3.05, 3.63) is 23.8 Å². The number of nitrogens with one attached hydrogen (secondary N) is 1. The first kappa shape index (κ1) is 18.0. The third-order valence-electron chi connectivity index (χ3n) is 5.11. The number of hydrogen-bond donors (Lipinski definition) is 1. The molecule has 0 unspecified atom stereocenters. The van der Waals surface area contributed by atoms with Gasteiger partial charge < -0.3 is 19.7 Å². The van der Waals surface area contributed by atoms with Crippen molar-refractivity contribution in [2.75, 3.05) is 26.8 Å². The zero-order valence-electron chi connectivity index (χ0n) is 15.2. The second-order valence-corrected chi connectivity index (χ2v) is 7.02. The van der Waals surface area contributed by atoms with Crippen molar-refractivity contribution in [3.8, 4) is 17.6 Å². The number of rotatable bonds is 9. The Labute approximate surface area is 150 Å². The Hall–Kier alpha value is -1.77. The first-order valence-corrected chi connectivity index (χ1v) is 9.44. The van der Waals surface area contributed by atoms with Gasteiger partial charge in [0.2, 0.25) is 0 Å². The number of piperidine rings is 1. The molecule has 1 N–H and O–H groups in total. The molecule has 0 amide bonds. The third-order valence-corrected chi connectivity index (χ3v) is 5.11. The maximum atomic E-state index is 8.61. The summed E-state index contributed by atoms with van der Waals surface area (Å²) in [5.74, 6) is 1.52. The fourth-order valence-electron chi connectivity index (χ4n) is 3.45. The Kier molecular flexibility index (Phi) is 6.55. The molecule has 136 valence electrons. The number of likely N-dealkylation sites (tertiary alicyclic amines) is 1. The molecule has 0 radical (unpaired) electrons. The molecule has 1 saturated heterocycles. The van der Waals surface area contributed by atoms with Crippen LogP contribution in [0, 0.1) is 11.3 Å². The Bertz CT molecular complexity index is 587. The van der Waals surface area contributed by atoms with Gasteiger partial charge in [-0.25, -0.2) is 0 Å². The standard InChI is InChI=1S/C20H29N3O2/c1-24-19-7-4-16(14-20(19)25-13-3-2-10-21)15-22-17-8-11-23(12-9-17)18-5-6-18/h4,7,14,17-18,22H,2-3,5-6,8-9,11-13,15H2,1H3. The molecule has 1 saturated carbocycles. The predicted molar refractivity (Wildman–Crippen MR) is 97.8 cm³/mol. The van der Waals surface area contributed by atoms with E-state index in [0.717, 1.165) is 30.5 Å². The van der Waals surface area contributed by atoms with Gasteiger partial charge in [0.15, 0.2) is 11.5 Å². The number of benzene rings is 1. The van der Waals surface area contributed by atoms with Gasteiger partial charge in [0.1, 0.15) is 0 Å². The van der Waals surface area contributed by atoms with Gasteiger partial charge in [-0.15, -0.1) is 0 Å². The van der Waals surface area contributed by atoms with Crippen LogP contribution in [0.2, 0.25) is 0 Å². The van der Waals surface area contributed by atoms with Crippen LogP contribution in [0.1, 0.15) is 44.1 Å². The maximum Gasteiger partial charge on any atom is 0.161 e. The van der Waals surface area contributed by atoms with E-state index in [9.17, 15) is 0 Å². The van der Waals surface area contributed by atoms with Crippen molar-refractivity contribution in [2.45, 2.75) is 57.2 Å². The zero-order chi connectivity index (χ0) is 17.5. The summed E-state index contributed by atoms with van der Waals surface area (Å²) in [5.41, 5.74) is 1.21. The van der Waals surface area contributed by atoms with Crippen molar-refractivity contribution >= 4 is 0 Å². The molecule has 0 spiro atoms. The molecule has 0 atom stereocenters. The minimum Gasteiger partial charge on any atom is -0.493 e. The van der Waals surface area contributed by atoms with E-state index in [1.165, 1.54) is 44.3 Å². The lowest BCUT2D eigenvalue weighted by atomic mass is 10.0. The molecule has 3 rings (SSSR count). The zero-order valence-corrected chi connectivity index (χ0v) is 15.2. The van der Waals surface area contributed by atoms with E-state index in [1.807, 2.05) is 6.07 Å². The highest BCUT2D eigenvalue weighted by Crippen LogP contribution is 2.30. The van der Waals surface area contributed by atoms with Crippen LogP contribution < -0.4 is 14.8 Å². The van der Waals surface area contributed by atoms with E-state index < -0.39 is 0 Å². The number of ether oxygens (including phenoxy) is 2. The predicted octanol–water partition coefficient (Wildman–Crippen LogP) is 3.09. The number of unbranched alkanes of at least 4 members (excludes halogenated alkanes) is 1. The van der Waals surface area contributed by atoms with Crippen LogP contribution in [0.5, 0.6) is 11.5 Å². The smallest absolute Gasteiger partial charge is 0.161 e. The largest absolute Gasteiger partial charge is 0.493 e. The van der Waals surface area contributed by atoms with Crippen molar-refractivity contribution in [1.82, 2.24) is 10.2 Å². The first-order valence-electron chi connectivity index (χ1n) is 9.44. The molecule has 5 nitrogen and oxygen atoms in total. The molecule has 1 aliphatic carbocycles. The summed E-state index contributed by atoms with van der Waals surface area (Å²) >= 11 is 0. The van der Waals surface area contributed by atoms with Crippen molar-refractivity contribution < 1.29 is 9.47 Å². The highest BCUT2D eigenvalue weighted by Gasteiger charge is 2.31. The van der Waals surface area contributed by atoms with Gasteiger partial charge in [0, 0.05) is 25.0 Å². The van der Waals surface area contributed by atoms with E-state index in [1.54, 1.807) is 7.11 Å². The first-order chi connectivity index (χ1) is 12.3. The monoisotopic (exact) mass is 343 g/mol. The van der Waals surface area contributed by atoms with Crippen LogP contribution in [0.3, 0.4) is 0 Å². The van der Waals surface area contributed by atoms with Crippen molar-refractivity contribution in [3.63, 3.8) is 0 Å². The highest BCUT2D eigenvalue weighted by molar-refractivity contribution is 5.43. The van der Waals surface area contributed by atoms with Gasteiger partial charge >= 0.3 is 0 Å². The van der Waals surface area contributed by atoms with E-state index >= 15 is 0 Å². The Morgan fingerprint density at radius 1 is 1.20 bits per heavy atom. The topological polar surface area (TPSA) is 57.5 Å². The number of hydrogen-bond acceptors (Lipinski definition) is 5. The Morgan fingerprint density at radius 2 is 2.00 bits per heavy atom. The molecule has 2 fully saturated rings. The highest BCUT2D eigenvalue weighted by atomic mass is 16.5. The second kappa shape index (κ2) is 9.07. The minimum absolute atomic E-state index is 0.517. The molecule has 2 aliphatic rings. The van der Waals surface area contributed by atoms with Gasteiger partial charge in [0.05, 0.1) is 19.8 Å². The fraction of sp³-hybridized carbons (Fsp3) is 0.650. The van der Waals surface area contributed by atoms with Crippen LogP contribution >= 0.6 is 0 Å². The number of nitrogens with zero attached hydrogens (tertiary/aromatic N) is 2. The van der Waals surface area contributed by atoms with Gasteiger partial charge in [-0.2, -0.15) is 5.26 Å². The molecule has 1 aromatic rings. The molecule has 5 heteroatoms. The van der Waals surface area contributed by atoms with Gasteiger partial charge in [-0.3, -0.25) is 0 Å². The lowest BCUT2D eigenvalue weighted by molar-refractivity contribution is 0.189. The van der Waals surface area contributed by atoms with Crippen LogP contribution in [0.4, 0.5) is 0 Å². The quantitative estimate of drug-likeness (QED) is 0.698. The van der Waals surface area contributed by atoms with E-state index in [0.29, 0.717) is 19.1 Å². The number of methoxy groups -OCH3 is 1. The summed E-state index contributed by atoms with van der Waals surface area (Å²) in [6, 6.07) is 9.75. The normalized spacial score (nSPS) is 18.7. The SMILES string of the molecule is COc1ccc(CNC2CCN(C3CC3)CC2)cc1OCCCC#N. The summed E-state index contributed by atoms with van der Waals surface area (Å²) < 4.78 is 11.2. The third kappa shape index (κ3) is 5.35. The van der Waals surface area contributed by atoms with E-state index in [-0.39, 0.29) is 0 Å². The van der Waals surface area contributed by atoms with Gasteiger partial charge in [-0.05, 0) is 62.9 Å². The maximum absolute atomic E-state index is 8.61. The average Bonchev–Trinajstić information content (AvgIpc) is 3.49. The molecule has 1 heterocycles. The Morgan fingerprint density at radius 3 is 2.68 bits per heavy atom.